The average molecular weight is 559 g/mol. The molecular weight excluding hydrogens is 515 g/mol. The van der Waals surface area contributed by atoms with Crippen molar-refractivity contribution in [3.63, 3.8) is 0 Å². The van der Waals surface area contributed by atoms with E-state index in [1.54, 1.807) is 0 Å². The number of esters is 2. The van der Waals surface area contributed by atoms with Gasteiger partial charge in [0.05, 0.1) is 0 Å². The molecule has 2 aliphatic heterocycles. The fourth-order valence-corrected chi connectivity index (χ4v) is 20.6. The third-order valence-electron chi connectivity index (χ3n) is 6.77. The van der Waals surface area contributed by atoms with Crippen molar-refractivity contribution in [2.45, 2.75) is 111 Å². The summed E-state index contributed by atoms with van der Waals surface area (Å²) in [6.07, 6.45) is 7.11. The zero-order chi connectivity index (χ0) is 23.6. The number of fused-ring (bicyclic) bond motifs is 1. The van der Waals surface area contributed by atoms with Gasteiger partial charge in [0.2, 0.25) is 0 Å². The first-order valence-electron chi connectivity index (χ1n) is 12.6. The van der Waals surface area contributed by atoms with Crippen molar-refractivity contribution in [1.82, 2.24) is 0 Å². The molecule has 2 saturated heterocycles. The number of unbranched alkanes of at least 4 members (excludes halogenated alkanes) is 3. The number of hydrogen-bond donors (Lipinski definition) is 0. The molecule has 0 aromatic rings. The molecule has 0 unspecified atom stereocenters. The first-order valence-corrected chi connectivity index (χ1v) is 20.3. The number of ether oxygens (including phenoxy) is 4. The SMILES string of the molecule is CCC[CH2][Sn](/[CH]=C1/CO[C@H]2O[C@H](COC(C)=O)[C@@H](OC(C)=O)C[C@@H]12)([CH2]CCC)[CH2]CCC. The van der Waals surface area contributed by atoms with Crippen LogP contribution < -0.4 is 0 Å². The van der Waals surface area contributed by atoms with E-state index < -0.39 is 30.6 Å². The van der Waals surface area contributed by atoms with E-state index in [4.69, 9.17) is 18.9 Å². The summed E-state index contributed by atoms with van der Waals surface area (Å²) in [6, 6.07) is 0. The van der Waals surface area contributed by atoms with Crippen molar-refractivity contribution in [2.24, 2.45) is 5.92 Å². The molecule has 2 fully saturated rings. The molecule has 32 heavy (non-hydrogen) atoms. The summed E-state index contributed by atoms with van der Waals surface area (Å²) in [6.45, 7) is 10.3. The Morgan fingerprint density at radius 2 is 1.59 bits per heavy atom. The molecule has 6 nitrogen and oxygen atoms in total. The molecule has 0 aromatic heterocycles. The van der Waals surface area contributed by atoms with Gasteiger partial charge in [-0.2, -0.15) is 0 Å². The molecule has 0 radical (unpaired) electrons. The van der Waals surface area contributed by atoms with Crippen molar-refractivity contribution in [3.8, 4) is 0 Å². The van der Waals surface area contributed by atoms with Gasteiger partial charge in [0.1, 0.15) is 0 Å². The van der Waals surface area contributed by atoms with E-state index in [0.717, 1.165) is 0 Å². The van der Waals surface area contributed by atoms with Gasteiger partial charge in [0.15, 0.2) is 0 Å². The Hall–Kier alpha value is -0.601. The van der Waals surface area contributed by atoms with Gasteiger partial charge in [-0.15, -0.1) is 0 Å². The molecule has 0 amide bonds. The summed E-state index contributed by atoms with van der Waals surface area (Å²) in [5.74, 6) is -0.586. The fourth-order valence-electron chi connectivity index (χ4n) is 5.04. The molecule has 0 aromatic carbocycles. The zero-order valence-corrected chi connectivity index (χ0v) is 23.7. The number of hydrogen-bond acceptors (Lipinski definition) is 6. The number of carbonyl (C=O) groups excluding carboxylic acids is 2. The molecule has 184 valence electrons. The van der Waals surface area contributed by atoms with Crippen LogP contribution in [0.2, 0.25) is 13.3 Å². The summed E-state index contributed by atoms with van der Waals surface area (Å²) >= 11 is -2.48. The Balaban J connectivity index is 2.25. The van der Waals surface area contributed by atoms with Crippen LogP contribution in [0.25, 0.3) is 0 Å². The quantitative estimate of drug-likeness (QED) is 0.218. The van der Waals surface area contributed by atoms with E-state index in [-0.39, 0.29) is 30.8 Å². The Morgan fingerprint density at radius 1 is 1.00 bits per heavy atom. The van der Waals surface area contributed by atoms with E-state index in [2.05, 4.69) is 24.9 Å². The maximum absolute atomic E-state index is 11.7. The van der Waals surface area contributed by atoms with Crippen LogP contribution in [0, 0.1) is 5.92 Å². The second-order valence-corrected chi connectivity index (χ2v) is 22.4. The molecule has 0 aliphatic carbocycles. The second kappa shape index (κ2) is 13.9. The van der Waals surface area contributed by atoms with Crippen LogP contribution in [0.1, 0.15) is 79.6 Å². The third kappa shape index (κ3) is 8.32. The first kappa shape index (κ1) is 27.6. The predicted octanol–water partition coefficient (Wildman–Crippen LogP) is 5.56. The third-order valence-corrected chi connectivity index (χ3v) is 21.1. The molecule has 2 aliphatic rings. The van der Waals surface area contributed by atoms with Crippen molar-refractivity contribution in [3.05, 3.63) is 9.67 Å². The summed E-state index contributed by atoms with van der Waals surface area (Å²) in [5.41, 5.74) is 1.37. The van der Waals surface area contributed by atoms with E-state index in [9.17, 15) is 9.59 Å². The fraction of sp³-hybridized carbons (Fsp3) is 0.840. The molecule has 2 heterocycles. The molecule has 0 spiro atoms. The van der Waals surface area contributed by atoms with E-state index >= 15 is 0 Å². The van der Waals surface area contributed by atoms with Gasteiger partial charge in [0.25, 0.3) is 0 Å². The Morgan fingerprint density at radius 3 is 2.09 bits per heavy atom. The van der Waals surface area contributed by atoms with Gasteiger partial charge < -0.3 is 0 Å². The average Bonchev–Trinajstić information content (AvgIpc) is 3.13. The maximum atomic E-state index is 11.7. The molecule has 0 bridgehead atoms. The summed E-state index contributed by atoms with van der Waals surface area (Å²) < 4.78 is 30.0. The van der Waals surface area contributed by atoms with E-state index in [1.165, 1.54) is 71.3 Å². The van der Waals surface area contributed by atoms with Gasteiger partial charge in [-0.05, 0) is 0 Å². The van der Waals surface area contributed by atoms with Gasteiger partial charge in [-0.1, -0.05) is 0 Å². The van der Waals surface area contributed by atoms with E-state index in [1.807, 2.05) is 0 Å². The van der Waals surface area contributed by atoms with Gasteiger partial charge in [0, 0.05) is 0 Å². The van der Waals surface area contributed by atoms with Crippen LogP contribution in [-0.4, -0.2) is 62.0 Å². The van der Waals surface area contributed by atoms with Crippen LogP contribution in [-0.2, 0) is 28.5 Å². The minimum absolute atomic E-state index is 0.0750. The second-order valence-electron chi connectivity index (χ2n) is 9.54. The van der Waals surface area contributed by atoms with Crippen molar-refractivity contribution < 1.29 is 28.5 Å². The van der Waals surface area contributed by atoms with Crippen LogP contribution in [0.15, 0.2) is 9.67 Å². The normalized spacial score (nSPS) is 26.7. The number of carbonyl (C=O) groups is 2. The van der Waals surface area contributed by atoms with Crippen molar-refractivity contribution in [2.75, 3.05) is 13.2 Å². The standard InChI is InChI=1S/C13H17O6.3C4H9.Sn/c1-7-5-17-13-10(7)4-11(18-9(3)15)12(19-13)6-16-8(2)14;3*1-3-4-2;/h1,10-13H,4-6H2,2-3H3;3*1,3-4H2,2H3;/t10-,11-,12+,13-;;;;/m0..../s1. The topological polar surface area (TPSA) is 71.1 Å². The molecule has 2 rings (SSSR count). The molecule has 4 atom stereocenters. The Labute approximate surface area is 198 Å². The minimum atomic E-state index is -2.48. The number of rotatable bonds is 13. The first-order chi connectivity index (χ1) is 15.3. The van der Waals surface area contributed by atoms with Gasteiger partial charge in [-0.25, -0.2) is 0 Å². The Bertz CT molecular complexity index is 612. The predicted molar refractivity (Wildman–Crippen MR) is 128 cm³/mol. The molecule has 7 heteroatoms. The monoisotopic (exact) mass is 560 g/mol. The molecule has 0 saturated carbocycles. The van der Waals surface area contributed by atoms with Gasteiger partial charge >= 0.3 is 199 Å². The summed E-state index contributed by atoms with van der Waals surface area (Å²) in [7, 11) is 0. The summed E-state index contributed by atoms with van der Waals surface area (Å²) in [4.78, 5) is 23.0. The molecular formula is C25H44O6Sn. The Kier molecular flexibility index (Phi) is 12.0. The van der Waals surface area contributed by atoms with E-state index in [0.29, 0.717) is 13.0 Å². The zero-order valence-electron chi connectivity index (χ0n) is 20.8. The van der Waals surface area contributed by atoms with Crippen molar-refractivity contribution >= 4 is 30.3 Å². The van der Waals surface area contributed by atoms with Crippen LogP contribution in [0.5, 0.6) is 0 Å². The summed E-state index contributed by atoms with van der Waals surface area (Å²) in [5, 5.41) is 0. The molecule has 0 N–H and O–H groups in total. The van der Waals surface area contributed by atoms with Crippen LogP contribution >= 0.6 is 0 Å². The van der Waals surface area contributed by atoms with Crippen molar-refractivity contribution in [1.29, 1.82) is 0 Å². The van der Waals surface area contributed by atoms with Crippen LogP contribution in [0.4, 0.5) is 0 Å². The van der Waals surface area contributed by atoms with Gasteiger partial charge in [-0.3, -0.25) is 0 Å². The van der Waals surface area contributed by atoms with Crippen LogP contribution in [0.3, 0.4) is 0 Å².